The van der Waals surface area contributed by atoms with E-state index in [4.69, 9.17) is 4.74 Å². The number of hydrogen-bond acceptors (Lipinski definition) is 5. The molecule has 0 aliphatic carbocycles. The Labute approximate surface area is 462 Å². The fourth-order valence-electron chi connectivity index (χ4n) is 10.6. The van der Waals surface area contributed by atoms with Crippen molar-refractivity contribution in [2.75, 3.05) is 13.2 Å². The van der Waals surface area contributed by atoms with Crippen LogP contribution in [0.25, 0.3) is 0 Å². The van der Waals surface area contributed by atoms with Gasteiger partial charge in [-0.25, -0.2) is 0 Å². The van der Waals surface area contributed by atoms with Gasteiger partial charge in [0.25, 0.3) is 0 Å². The minimum absolute atomic E-state index is 0.00774. The minimum Gasteiger partial charge on any atom is -0.466 e. The summed E-state index contributed by atoms with van der Waals surface area (Å²) in [5, 5.41) is 23.4. The molecule has 0 aromatic carbocycles. The van der Waals surface area contributed by atoms with Crippen LogP contribution in [-0.2, 0) is 14.3 Å². The summed E-state index contributed by atoms with van der Waals surface area (Å²) in [4.78, 5) is 24.6. The summed E-state index contributed by atoms with van der Waals surface area (Å²) in [5.74, 6) is -0.0257. The molecule has 0 fully saturated rings. The number of carbonyl (C=O) groups excluding carboxylic acids is 2. The first-order valence-corrected chi connectivity index (χ1v) is 33.6. The van der Waals surface area contributed by atoms with Crippen molar-refractivity contribution in [3.05, 3.63) is 24.3 Å². The standard InChI is InChI=1S/C68H131NO5/c1-3-5-7-9-11-13-15-17-19-21-25-30-34-38-42-46-50-54-58-62-68(73)74-63-59-55-51-47-43-39-35-31-27-24-23-26-29-33-37-41-45-49-53-57-61-67(72)69-65(64-70)66(71)60-56-52-48-44-40-36-32-28-22-20-18-16-14-12-10-8-6-4-2/h11,13,17,19,65-66,70-71H,3-10,12,14-16,18,20-64H2,1-2H3,(H,69,72)/b13-11-,19-17-. The molecule has 6 heteroatoms. The van der Waals surface area contributed by atoms with E-state index < -0.39 is 12.1 Å². The zero-order chi connectivity index (χ0) is 53.6. The Kier molecular flexibility index (Phi) is 62.4. The van der Waals surface area contributed by atoms with E-state index in [2.05, 4.69) is 43.5 Å². The van der Waals surface area contributed by atoms with E-state index in [-0.39, 0.29) is 18.5 Å². The first-order valence-electron chi connectivity index (χ1n) is 33.6. The molecule has 0 spiro atoms. The van der Waals surface area contributed by atoms with Crippen molar-refractivity contribution >= 4 is 11.9 Å². The SMILES string of the molecule is CCCCC/C=C\C/C=C\CCCCCCCCCCCC(=O)OCCCCCCCCCCCCCCCCCCCCCCC(=O)NC(CO)C(O)CCCCCCCCCCCCCCCCCCCC. The number of ether oxygens (including phenoxy) is 1. The number of nitrogens with one attached hydrogen (secondary N) is 1. The predicted molar refractivity (Wildman–Crippen MR) is 324 cm³/mol. The molecule has 0 heterocycles. The Morgan fingerprint density at radius 3 is 1.05 bits per heavy atom. The van der Waals surface area contributed by atoms with Gasteiger partial charge in [0, 0.05) is 12.8 Å². The summed E-state index contributed by atoms with van der Waals surface area (Å²) in [6.45, 7) is 4.96. The monoisotopic (exact) mass is 1040 g/mol. The molecule has 2 unspecified atom stereocenters. The molecule has 0 saturated heterocycles. The lowest BCUT2D eigenvalue weighted by molar-refractivity contribution is -0.143. The van der Waals surface area contributed by atoms with Crippen LogP contribution in [0.5, 0.6) is 0 Å². The summed E-state index contributed by atoms with van der Waals surface area (Å²) in [6, 6.07) is -0.543. The van der Waals surface area contributed by atoms with E-state index >= 15 is 0 Å². The van der Waals surface area contributed by atoms with E-state index in [1.807, 2.05) is 0 Å². The van der Waals surface area contributed by atoms with Gasteiger partial charge >= 0.3 is 5.97 Å². The molecule has 0 saturated carbocycles. The maximum atomic E-state index is 12.5. The predicted octanol–water partition coefficient (Wildman–Crippen LogP) is 21.4. The van der Waals surface area contributed by atoms with Crippen LogP contribution < -0.4 is 5.32 Å². The van der Waals surface area contributed by atoms with Gasteiger partial charge in [0.15, 0.2) is 0 Å². The van der Waals surface area contributed by atoms with Gasteiger partial charge in [0.05, 0.1) is 25.4 Å². The summed E-state index contributed by atoms with van der Waals surface area (Å²) < 4.78 is 5.50. The quantitative estimate of drug-likeness (QED) is 0.0320. The molecule has 0 rings (SSSR count). The Balaban J connectivity index is 3.38. The third-order valence-electron chi connectivity index (χ3n) is 15.8. The van der Waals surface area contributed by atoms with Crippen LogP contribution in [0.4, 0.5) is 0 Å². The van der Waals surface area contributed by atoms with Crippen LogP contribution in [0.1, 0.15) is 373 Å². The smallest absolute Gasteiger partial charge is 0.305 e. The maximum absolute atomic E-state index is 12.5. The number of rotatable bonds is 63. The average Bonchev–Trinajstić information content (AvgIpc) is 3.40. The van der Waals surface area contributed by atoms with Crippen molar-refractivity contribution in [3.8, 4) is 0 Å². The number of carbonyl (C=O) groups is 2. The van der Waals surface area contributed by atoms with Crippen molar-refractivity contribution in [3.63, 3.8) is 0 Å². The number of unbranched alkanes of at least 4 members (excludes halogenated alkanes) is 48. The van der Waals surface area contributed by atoms with Crippen molar-refractivity contribution in [1.82, 2.24) is 5.32 Å². The lowest BCUT2D eigenvalue weighted by Crippen LogP contribution is -2.45. The van der Waals surface area contributed by atoms with E-state index in [0.29, 0.717) is 25.9 Å². The number of amides is 1. The molecule has 74 heavy (non-hydrogen) atoms. The van der Waals surface area contributed by atoms with Crippen LogP contribution >= 0.6 is 0 Å². The molecular formula is C68H131NO5. The number of esters is 1. The van der Waals surface area contributed by atoms with Gasteiger partial charge in [-0.3, -0.25) is 9.59 Å². The first-order chi connectivity index (χ1) is 36.5. The fraction of sp³-hybridized carbons (Fsp3) is 0.912. The molecule has 1 amide bonds. The molecule has 0 bridgehead atoms. The summed E-state index contributed by atoms with van der Waals surface area (Å²) in [5.41, 5.74) is 0. The second-order valence-electron chi connectivity index (χ2n) is 23.2. The fourth-order valence-corrected chi connectivity index (χ4v) is 10.6. The van der Waals surface area contributed by atoms with Gasteiger partial charge in [0.1, 0.15) is 0 Å². The largest absolute Gasteiger partial charge is 0.466 e. The van der Waals surface area contributed by atoms with Gasteiger partial charge in [0.2, 0.25) is 5.91 Å². The van der Waals surface area contributed by atoms with Gasteiger partial charge in [-0.15, -0.1) is 0 Å². The van der Waals surface area contributed by atoms with Gasteiger partial charge < -0.3 is 20.3 Å². The van der Waals surface area contributed by atoms with E-state index in [0.717, 1.165) is 51.4 Å². The molecule has 3 N–H and O–H groups in total. The minimum atomic E-state index is -0.666. The zero-order valence-electron chi connectivity index (χ0n) is 50.1. The summed E-state index contributed by atoms with van der Waals surface area (Å²) in [7, 11) is 0. The van der Waals surface area contributed by atoms with Crippen LogP contribution in [-0.4, -0.2) is 47.4 Å². The van der Waals surface area contributed by atoms with E-state index in [1.54, 1.807) is 0 Å². The molecule has 0 aliphatic heterocycles. The molecule has 0 aromatic heterocycles. The van der Waals surface area contributed by atoms with Crippen molar-refractivity contribution < 1.29 is 24.5 Å². The van der Waals surface area contributed by atoms with Crippen LogP contribution in [0, 0.1) is 0 Å². The van der Waals surface area contributed by atoms with E-state index in [9.17, 15) is 19.8 Å². The molecule has 2 atom stereocenters. The third-order valence-corrected chi connectivity index (χ3v) is 15.8. The highest BCUT2D eigenvalue weighted by Gasteiger charge is 2.20. The van der Waals surface area contributed by atoms with Crippen molar-refractivity contribution in [1.29, 1.82) is 0 Å². The van der Waals surface area contributed by atoms with Gasteiger partial charge in [-0.1, -0.05) is 327 Å². The first kappa shape index (κ1) is 72.3. The number of allylic oxidation sites excluding steroid dienone is 4. The lowest BCUT2D eigenvalue weighted by atomic mass is 10.0. The Morgan fingerprint density at radius 2 is 0.676 bits per heavy atom. The molecule has 0 radical (unpaired) electrons. The summed E-state index contributed by atoms with van der Waals surface area (Å²) in [6.07, 6.45) is 79.1. The molecule has 0 aliphatic rings. The van der Waals surface area contributed by atoms with Gasteiger partial charge in [-0.05, 0) is 57.8 Å². The molecular weight excluding hydrogens is 911 g/mol. The summed E-state index contributed by atoms with van der Waals surface area (Å²) >= 11 is 0. The third kappa shape index (κ3) is 59.6. The molecule has 438 valence electrons. The Bertz CT molecular complexity index is 1150. The van der Waals surface area contributed by atoms with Gasteiger partial charge in [-0.2, -0.15) is 0 Å². The topological polar surface area (TPSA) is 95.9 Å². The second-order valence-corrected chi connectivity index (χ2v) is 23.2. The van der Waals surface area contributed by atoms with Crippen molar-refractivity contribution in [2.24, 2.45) is 0 Å². The maximum Gasteiger partial charge on any atom is 0.305 e. The highest BCUT2D eigenvalue weighted by Crippen LogP contribution is 2.19. The van der Waals surface area contributed by atoms with Crippen LogP contribution in [0.2, 0.25) is 0 Å². The lowest BCUT2D eigenvalue weighted by Gasteiger charge is -2.22. The number of aliphatic hydroxyl groups is 2. The Hall–Kier alpha value is -1.66. The Morgan fingerprint density at radius 1 is 0.378 bits per heavy atom. The van der Waals surface area contributed by atoms with Crippen molar-refractivity contribution in [2.45, 2.75) is 386 Å². The highest BCUT2D eigenvalue weighted by atomic mass is 16.5. The zero-order valence-corrected chi connectivity index (χ0v) is 50.1. The highest BCUT2D eigenvalue weighted by molar-refractivity contribution is 5.76. The number of hydrogen-bond donors (Lipinski definition) is 3. The molecule has 0 aromatic rings. The second kappa shape index (κ2) is 63.9. The normalized spacial score (nSPS) is 12.6. The van der Waals surface area contributed by atoms with E-state index in [1.165, 1.54) is 289 Å². The van der Waals surface area contributed by atoms with Crippen LogP contribution in [0.15, 0.2) is 24.3 Å². The average molecular weight is 1040 g/mol. The number of aliphatic hydroxyl groups excluding tert-OH is 2. The van der Waals surface area contributed by atoms with Crippen LogP contribution in [0.3, 0.4) is 0 Å². The molecule has 6 nitrogen and oxygen atoms in total.